The van der Waals surface area contributed by atoms with Gasteiger partial charge in [-0.2, -0.15) is 0 Å². The van der Waals surface area contributed by atoms with Crippen molar-refractivity contribution in [1.82, 2.24) is 10.6 Å². The fourth-order valence-electron chi connectivity index (χ4n) is 2.21. The molecule has 4 unspecified atom stereocenters. The molecule has 0 rings (SSSR count). The number of carbonyl (C=O) groups excluding carboxylic acids is 2. The number of ether oxygens (including phenoxy) is 1. The van der Waals surface area contributed by atoms with Crippen molar-refractivity contribution in [3.63, 3.8) is 0 Å². The van der Waals surface area contributed by atoms with Gasteiger partial charge < -0.3 is 36.4 Å². The number of halogens is 1. The van der Waals surface area contributed by atoms with E-state index in [2.05, 4.69) is 17.2 Å². The summed E-state index contributed by atoms with van der Waals surface area (Å²) < 4.78 is 4.99. The molecule has 0 aromatic rings. The highest BCUT2D eigenvalue weighted by Crippen LogP contribution is 2.09. The molecule has 11 heteroatoms. The Morgan fingerprint density at radius 3 is 2.00 bits per heavy atom. The van der Waals surface area contributed by atoms with Gasteiger partial charge in [-0.25, -0.2) is 9.59 Å². The van der Waals surface area contributed by atoms with Gasteiger partial charge in [0.15, 0.2) is 6.10 Å². The van der Waals surface area contributed by atoms with E-state index in [1.165, 1.54) is 0 Å². The van der Waals surface area contributed by atoms with Crippen LogP contribution < -0.4 is 16.4 Å². The number of aliphatic carboxylic acids is 1. The van der Waals surface area contributed by atoms with Gasteiger partial charge in [0.25, 0.3) is 5.91 Å². The molecule has 0 aliphatic rings. The van der Waals surface area contributed by atoms with Gasteiger partial charge >= 0.3 is 12.1 Å². The maximum Gasteiger partial charge on any atom is 0.407 e. The van der Waals surface area contributed by atoms with Crippen LogP contribution in [0.3, 0.4) is 0 Å². The summed E-state index contributed by atoms with van der Waals surface area (Å²) in [7, 11) is 0. The Bertz CT molecular complexity index is 541. The zero-order valence-electron chi connectivity index (χ0n) is 19.1. The quantitative estimate of drug-likeness (QED) is 0.246. The second-order valence-corrected chi connectivity index (χ2v) is 7.76. The topological polar surface area (TPSA) is 171 Å². The van der Waals surface area contributed by atoms with Crippen molar-refractivity contribution in [2.75, 3.05) is 6.54 Å². The number of nitrogens with one attached hydrogen (secondary N) is 2. The van der Waals surface area contributed by atoms with Gasteiger partial charge in [0.1, 0.15) is 11.7 Å². The Hall–Kier alpha value is -1.88. The van der Waals surface area contributed by atoms with Crippen LogP contribution in [-0.4, -0.2) is 69.7 Å². The molecule has 0 saturated carbocycles. The predicted molar refractivity (Wildman–Crippen MR) is 121 cm³/mol. The molecule has 10 nitrogen and oxygen atoms in total. The fourth-order valence-corrected chi connectivity index (χ4v) is 2.21. The Kier molecular flexibility index (Phi) is 19.3. The number of carbonyl (C=O) groups is 3. The van der Waals surface area contributed by atoms with Crippen LogP contribution in [0.25, 0.3) is 0 Å². The van der Waals surface area contributed by atoms with Gasteiger partial charge in [-0.15, -0.1) is 19.0 Å². The minimum Gasteiger partial charge on any atom is -0.479 e. The summed E-state index contributed by atoms with van der Waals surface area (Å²) in [5.74, 6) is -1.79. The highest BCUT2D eigenvalue weighted by atomic mass is 35.5. The van der Waals surface area contributed by atoms with Crippen molar-refractivity contribution >= 4 is 30.4 Å². The van der Waals surface area contributed by atoms with E-state index in [1.807, 2.05) is 13.8 Å². The highest BCUT2D eigenvalue weighted by Gasteiger charge is 2.28. The average Bonchev–Trinajstić information content (AvgIpc) is 2.63. The largest absolute Gasteiger partial charge is 0.479 e. The van der Waals surface area contributed by atoms with Crippen LogP contribution in [0, 0.1) is 0 Å². The maximum absolute atomic E-state index is 11.4. The number of amides is 2. The lowest BCUT2D eigenvalue weighted by Crippen LogP contribution is -2.48. The molecular weight excluding hydrogens is 430 g/mol. The van der Waals surface area contributed by atoms with Gasteiger partial charge in [0, 0.05) is 12.6 Å². The smallest absolute Gasteiger partial charge is 0.407 e. The lowest BCUT2D eigenvalue weighted by Gasteiger charge is -2.24. The van der Waals surface area contributed by atoms with Crippen LogP contribution in [0.2, 0.25) is 0 Å². The SMILES string of the molecule is C=CCNC(=O)C(O)C(N)CCC.CCCC(NC(=O)OC(C)(C)C)C(O)C(=O)O.Cl. The number of nitrogens with two attached hydrogens (primary N) is 1. The predicted octanol–water partition coefficient (Wildman–Crippen LogP) is 1.32. The van der Waals surface area contributed by atoms with Crippen molar-refractivity contribution < 1.29 is 34.4 Å². The van der Waals surface area contributed by atoms with Crippen molar-refractivity contribution in [2.24, 2.45) is 5.73 Å². The summed E-state index contributed by atoms with van der Waals surface area (Å²) in [6.07, 6.45) is 0.599. The Morgan fingerprint density at radius 2 is 1.61 bits per heavy atom. The van der Waals surface area contributed by atoms with Crippen LogP contribution in [-0.2, 0) is 14.3 Å². The van der Waals surface area contributed by atoms with E-state index < -0.39 is 47.9 Å². The second kappa shape index (κ2) is 17.8. The number of carboxylic acids is 1. The molecule has 0 aromatic heterocycles. The van der Waals surface area contributed by atoms with Crippen molar-refractivity contribution in [2.45, 2.75) is 90.2 Å². The Labute approximate surface area is 191 Å². The first-order chi connectivity index (χ1) is 13.8. The van der Waals surface area contributed by atoms with E-state index in [0.717, 1.165) is 6.42 Å². The minimum absolute atomic E-state index is 0. The van der Waals surface area contributed by atoms with Gasteiger partial charge in [-0.05, 0) is 33.6 Å². The molecular formula is C20H40ClN3O7. The zero-order chi connectivity index (χ0) is 23.9. The number of aliphatic hydroxyl groups is 2. The normalized spacial score (nSPS) is 14.3. The van der Waals surface area contributed by atoms with E-state index in [9.17, 15) is 24.6 Å². The minimum atomic E-state index is -1.62. The lowest BCUT2D eigenvalue weighted by atomic mass is 10.1. The Balaban J connectivity index is -0.000000507. The first kappa shape index (κ1) is 33.8. The fraction of sp³-hybridized carbons (Fsp3) is 0.750. The van der Waals surface area contributed by atoms with Crippen LogP contribution in [0.1, 0.15) is 60.3 Å². The summed E-state index contributed by atoms with van der Waals surface area (Å²) in [5.41, 5.74) is 4.91. The van der Waals surface area contributed by atoms with Crippen LogP contribution in [0.15, 0.2) is 12.7 Å². The third kappa shape index (κ3) is 17.5. The third-order valence-corrected chi connectivity index (χ3v) is 3.65. The summed E-state index contributed by atoms with van der Waals surface area (Å²) >= 11 is 0. The lowest BCUT2D eigenvalue weighted by molar-refractivity contribution is -0.148. The van der Waals surface area contributed by atoms with E-state index in [4.69, 9.17) is 15.6 Å². The summed E-state index contributed by atoms with van der Waals surface area (Å²) in [6, 6.07) is -1.32. The molecule has 0 spiro atoms. The van der Waals surface area contributed by atoms with Gasteiger partial charge in [-0.1, -0.05) is 32.8 Å². The monoisotopic (exact) mass is 469 g/mol. The molecule has 0 aromatic carbocycles. The number of hydrogen-bond donors (Lipinski definition) is 6. The van der Waals surface area contributed by atoms with Gasteiger partial charge in [0.05, 0.1) is 6.04 Å². The first-order valence-corrected chi connectivity index (χ1v) is 10.0. The standard InChI is InChI=1S/C11H21NO5.C9H18N2O2.ClH/c1-5-6-7(8(13)9(14)15)12-10(16)17-11(2,3)4;1-3-5-7(10)8(12)9(13)11-6-4-2;/h7-8,13H,5-6H2,1-4H3,(H,12,16)(H,14,15);4,7-8,12H,2-3,5-6,10H2,1H3,(H,11,13);1H. The molecule has 0 fully saturated rings. The maximum atomic E-state index is 11.4. The third-order valence-electron chi connectivity index (χ3n) is 3.65. The molecule has 7 N–H and O–H groups in total. The van der Waals surface area contributed by atoms with Crippen molar-refractivity contribution in [3.8, 4) is 0 Å². The molecule has 0 bridgehead atoms. The molecule has 0 radical (unpaired) electrons. The van der Waals surface area contributed by atoms with Crippen LogP contribution in [0.4, 0.5) is 4.79 Å². The molecule has 184 valence electrons. The van der Waals surface area contributed by atoms with E-state index >= 15 is 0 Å². The first-order valence-electron chi connectivity index (χ1n) is 10.0. The van der Waals surface area contributed by atoms with E-state index in [1.54, 1.807) is 26.8 Å². The molecule has 4 atom stereocenters. The van der Waals surface area contributed by atoms with Crippen molar-refractivity contribution in [3.05, 3.63) is 12.7 Å². The molecule has 0 aliphatic carbocycles. The molecule has 31 heavy (non-hydrogen) atoms. The molecule has 0 saturated heterocycles. The molecule has 0 aliphatic heterocycles. The van der Waals surface area contributed by atoms with Crippen LogP contribution >= 0.6 is 12.4 Å². The number of alkyl carbamates (subject to hydrolysis) is 1. The van der Waals surface area contributed by atoms with Crippen molar-refractivity contribution in [1.29, 1.82) is 0 Å². The van der Waals surface area contributed by atoms with E-state index in [-0.39, 0.29) is 12.4 Å². The summed E-state index contributed by atoms with van der Waals surface area (Å²) in [5, 5.41) is 32.3. The summed E-state index contributed by atoms with van der Waals surface area (Å²) in [6.45, 7) is 12.7. The number of rotatable bonds is 11. The zero-order valence-corrected chi connectivity index (χ0v) is 19.9. The summed E-state index contributed by atoms with van der Waals surface area (Å²) in [4.78, 5) is 33.2. The number of hydrogen-bond acceptors (Lipinski definition) is 7. The molecule has 2 amide bonds. The molecule has 0 heterocycles. The number of aliphatic hydroxyl groups excluding tert-OH is 2. The highest BCUT2D eigenvalue weighted by molar-refractivity contribution is 5.85. The van der Waals surface area contributed by atoms with Crippen LogP contribution in [0.5, 0.6) is 0 Å². The van der Waals surface area contributed by atoms with Gasteiger partial charge in [-0.3, -0.25) is 4.79 Å². The van der Waals surface area contributed by atoms with Gasteiger partial charge in [0.2, 0.25) is 0 Å². The second-order valence-electron chi connectivity index (χ2n) is 7.76. The van der Waals surface area contributed by atoms with E-state index in [0.29, 0.717) is 25.8 Å². The number of carboxylic acid groups (broad SMARTS) is 1. The Morgan fingerprint density at radius 1 is 1.10 bits per heavy atom. The average molecular weight is 470 g/mol.